The molecule has 0 aliphatic carbocycles. The quantitative estimate of drug-likeness (QED) is 0.685. The van der Waals surface area contributed by atoms with Gasteiger partial charge in [0.05, 0.1) is 7.11 Å². The minimum absolute atomic E-state index is 0.00495. The zero-order valence-corrected chi connectivity index (χ0v) is 16.9. The molecule has 0 aromatic heterocycles. The SMILES string of the molecule is COc1ccc(N2CCN(C(=O)CC[C@@]3(CCC(=O)O)CCC(=O)N3)CC2)cc1. The summed E-state index contributed by atoms with van der Waals surface area (Å²) in [6, 6.07) is 7.90. The van der Waals surface area contributed by atoms with E-state index in [9.17, 15) is 14.4 Å². The maximum Gasteiger partial charge on any atom is 0.303 e. The Morgan fingerprint density at radius 3 is 2.31 bits per heavy atom. The summed E-state index contributed by atoms with van der Waals surface area (Å²) in [7, 11) is 1.64. The van der Waals surface area contributed by atoms with E-state index in [-0.39, 0.29) is 18.2 Å². The van der Waals surface area contributed by atoms with Crippen LogP contribution in [0, 0.1) is 0 Å². The van der Waals surface area contributed by atoms with Crippen LogP contribution in [0.4, 0.5) is 5.69 Å². The fourth-order valence-corrected chi connectivity index (χ4v) is 4.13. The first kappa shape index (κ1) is 21.0. The minimum atomic E-state index is -0.883. The van der Waals surface area contributed by atoms with E-state index in [2.05, 4.69) is 10.2 Å². The maximum atomic E-state index is 12.7. The third-order valence-corrected chi connectivity index (χ3v) is 5.94. The molecule has 29 heavy (non-hydrogen) atoms. The highest BCUT2D eigenvalue weighted by Crippen LogP contribution is 2.30. The molecule has 2 aliphatic rings. The zero-order valence-electron chi connectivity index (χ0n) is 16.9. The second-order valence-electron chi connectivity index (χ2n) is 7.79. The predicted molar refractivity (Wildman–Crippen MR) is 108 cm³/mol. The van der Waals surface area contributed by atoms with Gasteiger partial charge in [-0.2, -0.15) is 0 Å². The van der Waals surface area contributed by atoms with E-state index in [1.54, 1.807) is 7.11 Å². The monoisotopic (exact) mass is 403 g/mol. The zero-order chi connectivity index (χ0) is 20.9. The number of anilines is 1. The Hall–Kier alpha value is -2.77. The van der Waals surface area contributed by atoms with Crippen LogP contribution in [0.5, 0.6) is 5.75 Å². The first-order valence-electron chi connectivity index (χ1n) is 10.1. The van der Waals surface area contributed by atoms with Crippen LogP contribution in [-0.4, -0.2) is 66.6 Å². The van der Waals surface area contributed by atoms with Gasteiger partial charge in [-0.1, -0.05) is 0 Å². The number of nitrogens with zero attached hydrogens (tertiary/aromatic N) is 2. The molecule has 0 spiro atoms. The van der Waals surface area contributed by atoms with Crippen LogP contribution in [0.1, 0.15) is 38.5 Å². The number of rotatable bonds is 8. The Bertz CT molecular complexity index is 743. The standard InChI is InChI=1S/C21H29N3O5/c1-29-17-4-2-16(3-5-17)23-12-14-24(15-13-23)19(26)7-10-21(11-8-20(27)28)9-6-18(25)22-21/h2-5H,6-15H2,1H3,(H,22,25)(H,27,28)/t21-/m1/s1. The summed E-state index contributed by atoms with van der Waals surface area (Å²) >= 11 is 0. The van der Waals surface area contributed by atoms with Gasteiger partial charge in [-0.05, 0) is 43.5 Å². The highest BCUT2D eigenvalue weighted by molar-refractivity contribution is 5.80. The van der Waals surface area contributed by atoms with Gasteiger partial charge in [0.25, 0.3) is 0 Å². The van der Waals surface area contributed by atoms with E-state index in [4.69, 9.17) is 9.84 Å². The van der Waals surface area contributed by atoms with Gasteiger partial charge in [-0.3, -0.25) is 14.4 Å². The van der Waals surface area contributed by atoms with Gasteiger partial charge in [0.1, 0.15) is 5.75 Å². The number of aliphatic carboxylic acids is 1. The highest BCUT2D eigenvalue weighted by atomic mass is 16.5. The van der Waals surface area contributed by atoms with Gasteiger partial charge in [0, 0.05) is 56.7 Å². The van der Waals surface area contributed by atoms with E-state index in [0.717, 1.165) is 24.5 Å². The Kier molecular flexibility index (Phi) is 6.61. The van der Waals surface area contributed by atoms with Crippen molar-refractivity contribution in [1.82, 2.24) is 10.2 Å². The Morgan fingerprint density at radius 2 is 1.76 bits per heavy atom. The van der Waals surface area contributed by atoms with Crippen molar-refractivity contribution in [2.24, 2.45) is 0 Å². The van der Waals surface area contributed by atoms with Gasteiger partial charge in [0.15, 0.2) is 0 Å². The number of piperazine rings is 1. The van der Waals surface area contributed by atoms with Crippen LogP contribution >= 0.6 is 0 Å². The van der Waals surface area contributed by atoms with Gasteiger partial charge in [-0.15, -0.1) is 0 Å². The summed E-state index contributed by atoms with van der Waals surface area (Å²) in [5, 5.41) is 11.9. The Morgan fingerprint density at radius 1 is 1.10 bits per heavy atom. The summed E-state index contributed by atoms with van der Waals surface area (Å²) in [6.07, 6.45) is 2.17. The van der Waals surface area contributed by atoms with E-state index in [1.807, 2.05) is 29.2 Å². The van der Waals surface area contributed by atoms with Crippen LogP contribution in [0.3, 0.4) is 0 Å². The Labute approximate surface area is 170 Å². The normalized spacial score (nSPS) is 21.8. The number of carboxylic acid groups (broad SMARTS) is 1. The molecule has 0 saturated carbocycles. The Balaban J connectivity index is 1.49. The van der Waals surface area contributed by atoms with E-state index >= 15 is 0 Å². The van der Waals surface area contributed by atoms with Crippen molar-refractivity contribution in [2.75, 3.05) is 38.2 Å². The number of carbonyl (C=O) groups is 3. The summed E-state index contributed by atoms with van der Waals surface area (Å²) in [5.41, 5.74) is 0.551. The molecule has 8 heteroatoms. The fraction of sp³-hybridized carbons (Fsp3) is 0.571. The smallest absolute Gasteiger partial charge is 0.303 e. The van der Waals surface area contributed by atoms with Gasteiger partial charge >= 0.3 is 5.97 Å². The second-order valence-corrected chi connectivity index (χ2v) is 7.79. The molecule has 1 aromatic rings. The van der Waals surface area contributed by atoms with Crippen molar-refractivity contribution >= 4 is 23.5 Å². The number of nitrogens with one attached hydrogen (secondary N) is 1. The molecule has 0 unspecified atom stereocenters. The first-order chi connectivity index (χ1) is 13.9. The van der Waals surface area contributed by atoms with E-state index in [1.165, 1.54) is 0 Å². The number of ether oxygens (including phenoxy) is 1. The summed E-state index contributed by atoms with van der Waals surface area (Å²) in [5.74, 6) is -0.0592. The van der Waals surface area contributed by atoms with Crippen LogP contribution in [0.25, 0.3) is 0 Å². The first-order valence-corrected chi connectivity index (χ1v) is 10.1. The molecule has 1 aromatic carbocycles. The van der Waals surface area contributed by atoms with Crippen molar-refractivity contribution < 1.29 is 24.2 Å². The lowest BCUT2D eigenvalue weighted by molar-refractivity contribution is -0.137. The summed E-state index contributed by atoms with van der Waals surface area (Å²) < 4.78 is 5.19. The molecular weight excluding hydrogens is 374 g/mol. The molecule has 2 fully saturated rings. The summed E-state index contributed by atoms with van der Waals surface area (Å²) in [4.78, 5) is 39.5. The van der Waals surface area contributed by atoms with Gasteiger partial charge in [0.2, 0.25) is 11.8 Å². The van der Waals surface area contributed by atoms with Crippen molar-refractivity contribution in [3.05, 3.63) is 24.3 Å². The number of carboxylic acids is 1. The highest BCUT2D eigenvalue weighted by Gasteiger charge is 2.38. The van der Waals surface area contributed by atoms with Crippen LogP contribution in [0.15, 0.2) is 24.3 Å². The molecule has 3 rings (SSSR count). The molecule has 2 saturated heterocycles. The van der Waals surface area contributed by atoms with E-state index < -0.39 is 11.5 Å². The molecule has 0 radical (unpaired) electrons. The molecule has 2 N–H and O–H groups in total. The number of methoxy groups -OCH3 is 1. The molecule has 8 nitrogen and oxygen atoms in total. The molecular formula is C21H29N3O5. The van der Waals surface area contributed by atoms with Gasteiger partial charge < -0.3 is 25.0 Å². The number of amides is 2. The van der Waals surface area contributed by atoms with Crippen LogP contribution in [0.2, 0.25) is 0 Å². The minimum Gasteiger partial charge on any atom is -0.497 e. The molecule has 2 aliphatic heterocycles. The predicted octanol–water partition coefficient (Wildman–Crippen LogP) is 1.64. The van der Waals surface area contributed by atoms with E-state index in [0.29, 0.717) is 45.2 Å². The van der Waals surface area contributed by atoms with Crippen molar-refractivity contribution in [2.45, 2.75) is 44.1 Å². The molecule has 1 atom stereocenters. The van der Waals surface area contributed by atoms with Crippen LogP contribution < -0.4 is 15.0 Å². The fourth-order valence-electron chi connectivity index (χ4n) is 4.13. The van der Waals surface area contributed by atoms with Crippen molar-refractivity contribution in [1.29, 1.82) is 0 Å². The average molecular weight is 403 g/mol. The lowest BCUT2D eigenvalue weighted by Gasteiger charge is -2.37. The van der Waals surface area contributed by atoms with Crippen molar-refractivity contribution in [3.63, 3.8) is 0 Å². The van der Waals surface area contributed by atoms with Gasteiger partial charge in [-0.25, -0.2) is 0 Å². The summed E-state index contributed by atoms with van der Waals surface area (Å²) in [6.45, 7) is 2.83. The van der Waals surface area contributed by atoms with Crippen LogP contribution in [-0.2, 0) is 14.4 Å². The van der Waals surface area contributed by atoms with Crippen molar-refractivity contribution in [3.8, 4) is 5.75 Å². The topological polar surface area (TPSA) is 99.2 Å². The lowest BCUT2D eigenvalue weighted by Crippen LogP contribution is -2.49. The molecule has 0 bridgehead atoms. The molecule has 158 valence electrons. The molecule has 2 heterocycles. The lowest BCUT2D eigenvalue weighted by atomic mass is 9.86. The number of hydrogen-bond donors (Lipinski definition) is 2. The molecule has 2 amide bonds. The maximum absolute atomic E-state index is 12.7. The third kappa shape index (κ3) is 5.40. The second kappa shape index (κ2) is 9.15. The third-order valence-electron chi connectivity index (χ3n) is 5.94. The number of hydrogen-bond acceptors (Lipinski definition) is 5. The number of benzene rings is 1. The largest absolute Gasteiger partial charge is 0.497 e. The average Bonchev–Trinajstić information content (AvgIpc) is 3.12. The number of carbonyl (C=O) groups excluding carboxylic acids is 2.